The summed E-state index contributed by atoms with van der Waals surface area (Å²) in [5.74, 6) is 0.394. The standard InChI is InChI=1S/C26H27FN2O2/c1-26(2,3)15-20-12-19(14-23-24(20)28-25(30)29(23)4)17-9-7-10-21(13-17)31-16-18-8-5-6-11-22(18)27/h5-14H,15-16H2,1-4H3,(H,28,30). The van der Waals surface area contributed by atoms with Gasteiger partial charge in [-0.2, -0.15) is 0 Å². The van der Waals surface area contributed by atoms with Crippen molar-refractivity contribution in [2.24, 2.45) is 12.5 Å². The van der Waals surface area contributed by atoms with Gasteiger partial charge in [0.15, 0.2) is 0 Å². The number of ether oxygens (including phenoxy) is 1. The van der Waals surface area contributed by atoms with Crippen LogP contribution >= 0.6 is 0 Å². The Balaban J connectivity index is 1.71. The van der Waals surface area contributed by atoms with Gasteiger partial charge in [-0.1, -0.05) is 51.1 Å². The number of H-pyrrole nitrogens is 1. The van der Waals surface area contributed by atoms with Crippen LogP contribution in [-0.2, 0) is 20.1 Å². The number of fused-ring (bicyclic) bond motifs is 1. The van der Waals surface area contributed by atoms with Crippen LogP contribution in [0.15, 0.2) is 65.5 Å². The van der Waals surface area contributed by atoms with Gasteiger partial charge in [0, 0.05) is 12.6 Å². The first-order chi connectivity index (χ1) is 14.7. The summed E-state index contributed by atoms with van der Waals surface area (Å²) >= 11 is 0. The van der Waals surface area contributed by atoms with Gasteiger partial charge in [0.05, 0.1) is 11.0 Å². The number of nitrogens with one attached hydrogen (secondary N) is 1. The Bertz CT molecular complexity index is 1290. The van der Waals surface area contributed by atoms with Crippen molar-refractivity contribution in [2.45, 2.75) is 33.8 Å². The third-order valence-corrected chi connectivity index (χ3v) is 5.34. The van der Waals surface area contributed by atoms with Crippen molar-refractivity contribution in [1.29, 1.82) is 0 Å². The van der Waals surface area contributed by atoms with Crippen LogP contribution in [0.4, 0.5) is 4.39 Å². The summed E-state index contributed by atoms with van der Waals surface area (Å²) in [6.45, 7) is 6.72. The van der Waals surface area contributed by atoms with E-state index in [1.807, 2.05) is 30.3 Å². The highest BCUT2D eigenvalue weighted by molar-refractivity contribution is 5.85. The van der Waals surface area contributed by atoms with E-state index in [2.05, 4.69) is 31.8 Å². The lowest BCUT2D eigenvalue weighted by molar-refractivity contribution is 0.300. The molecule has 0 amide bonds. The monoisotopic (exact) mass is 418 g/mol. The van der Waals surface area contributed by atoms with Crippen molar-refractivity contribution in [3.8, 4) is 16.9 Å². The molecule has 31 heavy (non-hydrogen) atoms. The van der Waals surface area contributed by atoms with E-state index in [0.29, 0.717) is 11.3 Å². The molecule has 4 aromatic rings. The van der Waals surface area contributed by atoms with Crippen molar-refractivity contribution in [2.75, 3.05) is 0 Å². The molecule has 0 radical (unpaired) electrons. The zero-order valence-corrected chi connectivity index (χ0v) is 18.3. The van der Waals surface area contributed by atoms with Gasteiger partial charge >= 0.3 is 5.69 Å². The topological polar surface area (TPSA) is 47.0 Å². The number of halogens is 1. The molecule has 0 aliphatic carbocycles. The Labute approximate surface area is 181 Å². The second kappa shape index (κ2) is 8.06. The largest absolute Gasteiger partial charge is 0.489 e. The van der Waals surface area contributed by atoms with Crippen LogP contribution in [-0.4, -0.2) is 9.55 Å². The van der Waals surface area contributed by atoms with Gasteiger partial charge in [0.1, 0.15) is 18.2 Å². The third kappa shape index (κ3) is 4.55. The molecule has 4 rings (SSSR count). The number of hydrogen-bond acceptors (Lipinski definition) is 2. The molecule has 1 aromatic heterocycles. The van der Waals surface area contributed by atoms with Crippen molar-refractivity contribution in [3.63, 3.8) is 0 Å². The van der Waals surface area contributed by atoms with E-state index in [4.69, 9.17) is 4.74 Å². The van der Waals surface area contributed by atoms with E-state index in [-0.39, 0.29) is 23.5 Å². The summed E-state index contributed by atoms with van der Waals surface area (Å²) in [5, 5.41) is 0. The number of imidazole rings is 1. The van der Waals surface area contributed by atoms with Crippen LogP contribution in [0.5, 0.6) is 5.75 Å². The highest BCUT2D eigenvalue weighted by Gasteiger charge is 2.17. The van der Waals surface area contributed by atoms with Crippen molar-refractivity contribution < 1.29 is 9.13 Å². The van der Waals surface area contributed by atoms with Crippen molar-refractivity contribution in [3.05, 3.63) is 88.1 Å². The normalized spacial score (nSPS) is 11.8. The van der Waals surface area contributed by atoms with Crippen molar-refractivity contribution >= 4 is 11.0 Å². The molecule has 0 aliphatic rings. The lowest BCUT2D eigenvalue weighted by atomic mass is 9.86. The summed E-state index contributed by atoms with van der Waals surface area (Å²) in [5.41, 5.74) is 5.33. The van der Waals surface area contributed by atoms with Gasteiger partial charge in [-0.15, -0.1) is 0 Å². The highest BCUT2D eigenvalue weighted by atomic mass is 19.1. The summed E-state index contributed by atoms with van der Waals surface area (Å²) in [6, 6.07) is 18.5. The van der Waals surface area contributed by atoms with Crippen molar-refractivity contribution in [1.82, 2.24) is 9.55 Å². The van der Waals surface area contributed by atoms with Gasteiger partial charge in [-0.05, 0) is 58.9 Å². The fourth-order valence-electron chi connectivity index (χ4n) is 3.81. The maximum Gasteiger partial charge on any atom is 0.326 e. The van der Waals surface area contributed by atoms with Gasteiger partial charge in [0.2, 0.25) is 0 Å². The minimum atomic E-state index is -0.274. The lowest BCUT2D eigenvalue weighted by Crippen LogP contribution is -2.11. The van der Waals surface area contributed by atoms with E-state index in [1.165, 1.54) is 6.07 Å². The van der Waals surface area contributed by atoms with Crippen LogP contribution in [0.3, 0.4) is 0 Å². The maximum absolute atomic E-state index is 13.9. The quantitative estimate of drug-likeness (QED) is 0.443. The summed E-state index contributed by atoms with van der Waals surface area (Å²) in [4.78, 5) is 15.3. The Morgan fingerprint density at radius 1 is 0.968 bits per heavy atom. The van der Waals surface area contributed by atoms with E-state index in [0.717, 1.165) is 34.1 Å². The van der Waals surface area contributed by atoms with E-state index < -0.39 is 0 Å². The minimum absolute atomic E-state index is 0.0724. The minimum Gasteiger partial charge on any atom is -0.489 e. The number of benzene rings is 3. The molecule has 160 valence electrons. The number of nitrogens with zero attached hydrogens (tertiary/aromatic N) is 1. The number of hydrogen-bond donors (Lipinski definition) is 1. The number of rotatable bonds is 5. The molecule has 1 N–H and O–H groups in total. The van der Waals surface area contributed by atoms with Crippen LogP contribution < -0.4 is 10.4 Å². The SMILES string of the molecule is Cn1c(=O)[nH]c2c(CC(C)(C)C)cc(-c3cccc(OCc4ccccc4F)c3)cc21. The van der Waals surface area contributed by atoms with E-state index in [1.54, 1.807) is 29.8 Å². The van der Waals surface area contributed by atoms with Gasteiger partial charge < -0.3 is 9.72 Å². The fourth-order valence-corrected chi connectivity index (χ4v) is 3.81. The van der Waals surface area contributed by atoms with Crippen LogP contribution in [0, 0.1) is 11.2 Å². The summed E-state index contributed by atoms with van der Waals surface area (Å²) in [7, 11) is 1.78. The lowest BCUT2D eigenvalue weighted by Gasteiger charge is -2.19. The number of aryl methyl sites for hydroxylation is 1. The predicted octanol–water partition coefficient (Wildman–Crippen LogP) is 5.84. The summed E-state index contributed by atoms with van der Waals surface area (Å²) < 4.78 is 21.4. The van der Waals surface area contributed by atoms with Gasteiger partial charge in [-0.25, -0.2) is 9.18 Å². The number of aromatic amines is 1. The Morgan fingerprint density at radius 2 is 1.74 bits per heavy atom. The predicted molar refractivity (Wildman–Crippen MR) is 123 cm³/mol. The average Bonchev–Trinajstić information content (AvgIpc) is 3.01. The van der Waals surface area contributed by atoms with Gasteiger partial charge in [0.25, 0.3) is 0 Å². The Kier molecular flexibility index (Phi) is 5.44. The van der Waals surface area contributed by atoms with E-state index in [9.17, 15) is 9.18 Å². The third-order valence-electron chi connectivity index (χ3n) is 5.34. The number of aromatic nitrogens is 2. The first kappa shape index (κ1) is 20.9. The maximum atomic E-state index is 13.9. The van der Waals surface area contributed by atoms with E-state index >= 15 is 0 Å². The molecular formula is C26H27FN2O2. The van der Waals surface area contributed by atoms with Crippen LogP contribution in [0.2, 0.25) is 0 Å². The molecular weight excluding hydrogens is 391 g/mol. The molecule has 0 atom stereocenters. The zero-order valence-electron chi connectivity index (χ0n) is 18.3. The Morgan fingerprint density at radius 3 is 2.48 bits per heavy atom. The molecule has 0 saturated carbocycles. The molecule has 0 fully saturated rings. The molecule has 5 heteroatoms. The highest BCUT2D eigenvalue weighted by Crippen LogP contribution is 2.32. The molecule has 0 bridgehead atoms. The average molecular weight is 419 g/mol. The molecule has 0 spiro atoms. The second-order valence-corrected chi connectivity index (χ2v) is 9.16. The first-order valence-corrected chi connectivity index (χ1v) is 10.4. The fraction of sp³-hybridized carbons (Fsp3) is 0.269. The first-order valence-electron chi connectivity index (χ1n) is 10.4. The van der Waals surface area contributed by atoms with Crippen LogP contribution in [0.25, 0.3) is 22.2 Å². The molecule has 4 nitrogen and oxygen atoms in total. The smallest absolute Gasteiger partial charge is 0.326 e. The van der Waals surface area contributed by atoms with Crippen LogP contribution in [0.1, 0.15) is 31.9 Å². The zero-order chi connectivity index (χ0) is 22.2. The van der Waals surface area contributed by atoms with Gasteiger partial charge in [-0.3, -0.25) is 4.57 Å². The molecule has 3 aromatic carbocycles. The molecule has 0 aliphatic heterocycles. The molecule has 0 unspecified atom stereocenters. The summed E-state index contributed by atoms with van der Waals surface area (Å²) in [6.07, 6.45) is 0.834. The second-order valence-electron chi connectivity index (χ2n) is 9.16. The molecule has 0 saturated heterocycles. The Hall–Kier alpha value is -3.34. The molecule has 1 heterocycles.